The van der Waals surface area contributed by atoms with Crippen LogP contribution >= 0.6 is 0 Å². The Morgan fingerprint density at radius 3 is 2.79 bits per heavy atom. The van der Waals surface area contributed by atoms with Gasteiger partial charge >= 0.3 is 0 Å². The highest BCUT2D eigenvalue weighted by molar-refractivity contribution is 5.97. The average Bonchev–Trinajstić information content (AvgIpc) is 3.15. The average molecular weight is 384 g/mol. The Balaban J connectivity index is 1.50. The highest BCUT2D eigenvalue weighted by Gasteiger charge is 2.16. The molecule has 0 radical (unpaired) electrons. The van der Waals surface area contributed by atoms with Gasteiger partial charge in [0, 0.05) is 22.8 Å². The van der Waals surface area contributed by atoms with Crippen LogP contribution in [0, 0.1) is 17.0 Å². The Kier molecular flexibility index (Phi) is 5.49. The summed E-state index contributed by atoms with van der Waals surface area (Å²) in [5, 5.41) is 17.1. The number of hydrogen-bond donors (Lipinski definition) is 2. The quantitative estimate of drug-likeness (QED) is 0.441. The van der Waals surface area contributed by atoms with E-state index in [1.165, 1.54) is 18.3 Å². The summed E-state index contributed by atoms with van der Waals surface area (Å²) in [6, 6.07) is 9.28. The first-order valence-electron chi connectivity index (χ1n) is 8.19. The maximum atomic E-state index is 12.1. The fourth-order valence-corrected chi connectivity index (χ4v) is 2.42. The summed E-state index contributed by atoms with van der Waals surface area (Å²) in [4.78, 5) is 34.3. The number of nitrogens with zero attached hydrogens (tertiary/aromatic N) is 2. The molecule has 0 aromatic heterocycles. The van der Waals surface area contributed by atoms with Gasteiger partial charge in [-0.05, 0) is 25.1 Å². The van der Waals surface area contributed by atoms with E-state index in [0.29, 0.717) is 28.2 Å². The Bertz CT molecular complexity index is 973. The molecule has 144 valence electrons. The van der Waals surface area contributed by atoms with Crippen molar-refractivity contribution in [3.05, 3.63) is 63.2 Å². The Morgan fingerprint density at radius 2 is 2.00 bits per heavy atom. The van der Waals surface area contributed by atoms with Crippen LogP contribution in [0.5, 0.6) is 11.5 Å². The maximum absolute atomic E-state index is 12.1. The molecule has 0 aliphatic carbocycles. The summed E-state index contributed by atoms with van der Waals surface area (Å²) in [6.45, 7) is 1.44. The van der Waals surface area contributed by atoms with Crippen LogP contribution in [0.3, 0.4) is 0 Å². The van der Waals surface area contributed by atoms with Crippen molar-refractivity contribution in [3.63, 3.8) is 0 Å². The second-order valence-electron chi connectivity index (χ2n) is 5.85. The number of nitro groups is 1. The SMILES string of the molecule is Cc1ccc(/C=N\NC(=O)CNC(=O)c2ccc3c(c2)OCO3)cc1[N+](=O)[O-]. The van der Waals surface area contributed by atoms with Crippen molar-refractivity contribution in [2.45, 2.75) is 6.92 Å². The van der Waals surface area contributed by atoms with E-state index in [1.807, 2.05) is 0 Å². The largest absolute Gasteiger partial charge is 0.454 e. The Labute approximate surface area is 159 Å². The van der Waals surface area contributed by atoms with Gasteiger partial charge < -0.3 is 14.8 Å². The number of amides is 2. The van der Waals surface area contributed by atoms with Crippen LogP contribution in [0.2, 0.25) is 0 Å². The highest BCUT2D eigenvalue weighted by Crippen LogP contribution is 2.32. The molecule has 1 aliphatic rings. The molecule has 0 unspecified atom stereocenters. The van der Waals surface area contributed by atoms with Gasteiger partial charge in [-0.3, -0.25) is 19.7 Å². The minimum atomic E-state index is -0.549. The summed E-state index contributed by atoms with van der Waals surface area (Å²) in [5.41, 5.74) is 3.52. The molecule has 0 saturated heterocycles. The molecule has 0 fully saturated rings. The molecule has 0 spiro atoms. The first kappa shape index (κ1) is 18.8. The lowest BCUT2D eigenvalue weighted by molar-refractivity contribution is -0.385. The van der Waals surface area contributed by atoms with Crippen molar-refractivity contribution in [1.82, 2.24) is 10.7 Å². The molecular weight excluding hydrogens is 368 g/mol. The minimum Gasteiger partial charge on any atom is -0.454 e. The number of carbonyl (C=O) groups is 2. The molecule has 3 rings (SSSR count). The molecule has 1 heterocycles. The number of rotatable bonds is 6. The zero-order valence-electron chi connectivity index (χ0n) is 14.8. The van der Waals surface area contributed by atoms with Crippen LogP contribution in [-0.4, -0.2) is 36.3 Å². The summed E-state index contributed by atoms with van der Waals surface area (Å²) in [5.74, 6) is 0.0207. The highest BCUT2D eigenvalue weighted by atomic mass is 16.7. The molecule has 0 saturated carbocycles. The molecule has 1 aliphatic heterocycles. The second-order valence-corrected chi connectivity index (χ2v) is 5.85. The van der Waals surface area contributed by atoms with E-state index in [9.17, 15) is 19.7 Å². The normalized spacial score (nSPS) is 12.0. The molecule has 10 nitrogen and oxygen atoms in total. The molecule has 2 aromatic carbocycles. The van der Waals surface area contributed by atoms with Gasteiger partial charge in [-0.2, -0.15) is 5.10 Å². The predicted molar refractivity (Wildman–Crippen MR) is 98.5 cm³/mol. The minimum absolute atomic E-state index is 0.0359. The van der Waals surface area contributed by atoms with Crippen molar-refractivity contribution in [1.29, 1.82) is 0 Å². The van der Waals surface area contributed by atoms with Gasteiger partial charge in [-0.15, -0.1) is 0 Å². The monoisotopic (exact) mass is 384 g/mol. The van der Waals surface area contributed by atoms with Crippen molar-refractivity contribution in [2.24, 2.45) is 5.10 Å². The van der Waals surface area contributed by atoms with Crippen molar-refractivity contribution in [2.75, 3.05) is 13.3 Å². The van der Waals surface area contributed by atoms with Gasteiger partial charge in [0.1, 0.15) is 0 Å². The maximum Gasteiger partial charge on any atom is 0.272 e. The van der Waals surface area contributed by atoms with Crippen molar-refractivity contribution < 1.29 is 24.0 Å². The topological polar surface area (TPSA) is 132 Å². The third-order valence-corrected chi connectivity index (χ3v) is 3.88. The zero-order valence-corrected chi connectivity index (χ0v) is 14.8. The van der Waals surface area contributed by atoms with Gasteiger partial charge in [0.05, 0.1) is 17.7 Å². The molecule has 28 heavy (non-hydrogen) atoms. The van der Waals surface area contributed by atoms with Crippen LogP contribution in [-0.2, 0) is 4.79 Å². The number of hydrazone groups is 1. The van der Waals surface area contributed by atoms with Crippen LogP contribution in [0.15, 0.2) is 41.5 Å². The standard InChI is InChI=1S/C18H16N4O6/c1-11-2-3-12(6-14(11)22(25)26)8-20-21-17(23)9-19-18(24)13-4-5-15-16(7-13)28-10-27-15/h2-8H,9-10H2,1H3,(H,19,24)(H,21,23)/b20-8-. The van der Waals surface area contributed by atoms with Gasteiger partial charge in [0.2, 0.25) is 6.79 Å². The third-order valence-electron chi connectivity index (χ3n) is 3.88. The fraction of sp³-hybridized carbons (Fsp3) is 0.167. The van der Waals surface area contributed by atoms with Crippen molar-refractivity contribution >= 4 is 23.7 Å². The summed E-state index contributed by atoms with van der Waals surface area (Å²) < 4.78 is 10.4. The molecule has 2 amide bonds. The molecule has 0 atom stereocenters. The molecule has 2 aromatic rings. The summed E-state index contributed by atoms with van der Waals surface area (Å²) in [7, 11) is 0. The number of ether oxygens (including phenoxy) is 2. The lowest BCUT2D eigenvalue weighted by Crippen LogP contribution is -2.34. The lowest BCUT2D eigenvalue weighted by Gasteiger charge is -2.05. The first-order valence-corrected chi connectivity index (χ1v) is 8.19. The van der Waals surface area contributed by atoms with E-state index in [2.05, 4.69) is 15.8 Å². The number of nitrogens with one attached hydrogen (secondary N) is 2. The van der Waals surface area contributed by atoms with Crippen molar-refractivity contribution in [3.8, 4) is 11.5 Å². The van der Waals surface area contributed by atoms with E-state index in [1.54, 1.807) is 31.2 Å². The number of fused-ring (bicyclic) bond motifs is 1. The van der Waals surface area contributed by atoms with E-state index in [4.69, 9.17) is 9.47 Å². The number of nitro benzene ring substituents is 1. The van der Waals surface area contributed by atoms with E-state index in [0.717, 1.165) is 0 Å². The number of carbonyl (C=O) groups excluding carboxylic acids is 2. The Hall–Kier alpha value is -3.95. The molecule has 10 heteroatoms. The predicted octanol–water partition coefficient (Wildman–Crippen LogP) is 1.51. The van der Waals surface area contributed by atoms with Crippen LogP contribution in [0.4, 0.5) is 5.69 Å². The van der Waals surface area contributed by atoms with E-state index >= 15 is 0 Å². The van der Waals surface area contributed by atoms with E-state index in [-0.39, 0.29) is 19.0 Å². The number of benzene rings is 2. The van der Waals surface area contributed by atoms with Crippen LogP contribution in [0.1, 0.15) is 21.5 Å². The fourth-order valence-electron chi connectivity index (χ4n) is 2.42. The van der Waals surface area contributed by atoms with Gasteiger partial charge in [0.15, 0.2) is 11.5 Å². The summed E-state index contributed by atoms with van der Waals surface area (Å²) in [6.07, 6.45) is 1.28. The van der Waals surface area contributed by atoms with Crippen LogP contribution in [0.25, 0.3) is 0 Å². The number of aryl methyl sites for hydroxylation is 1. The van der Waals surface area contributed by atoms with E-state index < -0.39 is 16.7 Å². The molecular formula is C18H16N4O6. The van der Waals surface area contributed by atoms with Gasteiger partial charge in [-0.1, -0.05) is 12.1 Å². The first-order chi connectivity index (χ1) is 13.4. The van der Waals surface area contributed by atoms with Gasteiger partial charge in [0.25, 0.3) is 17.5 Å². The second kappa shape index (κ2) is 8.16. The van der Waals surface area contributed by atoms with Gasteiger partial charge in [-0.25, -0.2) is 5.43 Å². The summed E-state index contributed by atoms with van der Waals surface area (Å²) >= 11 is 0. The molecule has 2 N–H and O–H groups in total. The smallest absolute Gasteiger partial charge is 0.272 e. The third kappa shape index (κ3) is 4.41. The number of hydrogen-bond acceptors (Lipinski definition) is 7. The van der Waals surface area contributed by atoms with Crippen LogP contribution < -0.4 is 20.2 Å². The lowest BCUT2D eigenvalue weighted by atomic mass is 10.1. The zero-order chi connectivity index (χ0) is 20.1. The molecule has 0 bridgehead atoms. The Morgan fingerprint density at radius 1 is 1.21 bits per heavy atom.